The fraction of sp³-hybridized carbons (Fsp3) is 0.182. The van der Waals surface area contributed by atoms with Crippen molar-refractivity contribution in [1.82, 2.24) is 9.78 Å². The normalized spacial score (nSPS) is 10.6. The van der Waals surface area contributed by atoms with Gasteiger partial charge in [-0.2, -0.15) is 5.10 Å². The van der Waals surface area contributed by atoms with Crippen molar-refractivity contribution >= 4 is 5.82 Å². The lowest BCUT2D eigenvalue weighted by atomic mass is 10.3. The SMILES string of the molecule is NCCc1cc(N)n(-c2ccccc2O)n1. The van der Waals surface area contributed by atoms with Gasteiger partial charge in [-0.05, 0) is 18.7 Å². The molecule has 0 amide bonds. The number of nitrogens with zero attached hydrogens (tertiary/aromatic N) is 2. The van der Waals surface area contributed by atoms with Crippen molar-refractivity contribution in [2.24, 2.45) is 5.73 Å². The molecule has 5 heteroatoms. The second kappa shape index (κ2) is 4.24. The lowest BCUT2D eigenvalue weighted by molar-refractivity contribution is 0.470. The van der Waals surface area contributed by atoms with Crippen LogP contribution in [-0.2, 0) is 6.42 Å². The van der Waals surface area contributed by atoms with Crippen LogP contribution in [-0.4, -0.2) is 21.4 Å². The minimum Gasteiger partial charge on any atom is -0.506 e. The molecule has 1 heterocycles. The first-order valence-electron chi connectivity index (χ1n) is 5.05. The summed E-state index contributed by atoms with van der Waals surface area (Å²) in [6.45, 7) is 0.525. The molecule has 5 nitrogen and oxygen atoms in total. The molecule has 0 saturated heterocycles. The highest BCUT2D eigenvalue weighted by Gasteiger charge is 2.09. The van der Waals surface area contributed by atoms with Crippen LogP contribution in [0.15, 0.2) is 30.3 Å². The molecule has 84 valence electrons. The molecule has 0 radical (unpaired) electrons. The van der Waals surface area contributed by atoms with E-state index in [2.05, 4.69) is 5.10 Å². The lowest BCUT2D eigenvalue weighted by Gasteiger charge is -2.05. The van der Waals surface area contributed by atoms with E-state index in [1.54, 1.807) is 24.3 Å². The molecular weight excluding hydrogens is 204 g/mol. The minimum atomic E-state index is 0.150. The Hall–Kier alpha value is -2.01. The molecule has 1 aromatic heterocycles. The Morgan fingerprint density at radius 2 is 2.06 bits per heavy atom. The monoisotopic (exact) mass is 218 g/mol. The maximum Gasteiger partial charge on any atom is 0.141 e. The zero-order chi connectivity index (χ0) is 11.5. The van der Waals surface area contributed by atoms with Crippen LogP contribution in [0.2, 0.25) is 0 Å². The van der Waals surface area contributed by atoms with Crippen LogP contribution in [0.3, 0.4) is 0 Å². The number of phenolic OH excluding ortho intramolecular Hbond substituents is 1. The predicted octanol–water partition coefficient (Wildman–Crippen LogP) is 0.661. The first-order valence-corrected chi connectivity index (χ1v) is 5.05. The number of phenols is 1. The standard InChI is InChI=1S/C11H14N4O/c12-6-5-8-7-11(13)15(14-8)9-3-1-2-4-10(9)16/h1-4,7,16H,5-6,12-13H2. The van der Waals surface area contributed by atoms with Crippen molar-refractivity contribution in [2.45, 2.75) is 6.42 Å². The van der Waals surface area contributed by atoms with Crippen LogP contribution in [0.25, 0.3) is 5.69 Å². The van der Waals surface area contributed by atoms with Gasteiger partial charge in [0.25, 0.3) is 0 Å². The van der Waals surface area contributed by atoms with Crippen LogP contribution in [0.5, 0.6) is 5.75 Å². The van der Waals surface area contributed by atoms with Crippen LogP contribution in [0.1, 0.15) is 5.69 Å². The summed E-state index contributed by atoms with van der Waals surface area (Å²) in [5.41, 5.74) is 12.7. The Labute approximate surface area is 93.3 Å². The van der Waals surface area contributed by atoms with Crippen LogP contribution in [0, 0.1) is 0 Å². The summed E-state index contributed by atoms with van der Waals surface area (Å²) >= 11 is 0. The highest BCUT2D eigenvalue weighted by Crippen LogP contribution is 2.23. The first-order chi connectivity index (χ1) is 7.72. The van der Waals surface area contributed by atoms with Gasteiger partial charge in [-0.1, -0.05) is 12.1 Å². The topological polar surface area (TPSA) is 90.1 Å². The second-order valence-electron chi connectivity index (χ2n) is 3.50. The summed E-state index contributed by atoms with van der Waals surface area (Å²) in [4.78, 5) is 0. The van der Waals surface area contributed by atoms with E-state index in [1.165, 1.54) is 4.68 Å². The third-order valence-electron chi connectivity index (χ3n) is 2.30. The molecule has 0 aliphatic heterocycles. The van der Waals surface area contributed by atoms with Gasteiger partial charge in [0.05, 0.1) is 5.69 Å². The summed E-state index contributed by atoms with van der Waals surface area (Å²) in [6.07, 6.45) is 0.671. The quantitative estimate of drug-likeness (QED) is 0.706. The van der Waals surface area contributed by atoms with Crippen LogP contribution >= 0.6 is 0 Å². The zero-order valence-electron chi connectivity index (χ0n) is 8.80. The molecule has 0 aliphatic rings. The van der Waals surface area contributed by atoms with Crippen molar-refractivity contribution in [3.8, 4) is 11.4 Å². The fourth-order valence-electron chi connectivity index (χ4n) is 1.55. The van der Waals surface area contributed by atoms with Crippen molar-refractivity contribution in [3.63, 3.8) is 0 Å². The number of hydrogen-bond acceptors (Lipinski definition) is 4. The Morgan fingerprint density at radius 3 is 2.75 bits per heavy atom. The molecule has 2 aromatic rings. The molecule has 0 unspecified atom stereocenters. The molecule has 0 bridgehead atoms. The molecule has 0 aliphatic carbocycles. The Balaban J connectivity index is 2.44. The van der Waals surface area contributed by atoms with Gasteiger partial charge in [-0.15, -0.1) is 0 Å². The highest BCUT2D eigenvalue weighted by atomic mass is 16.3. The first kappa shape index (κ1) is 10.5. The summed E-state index contributed by atoms with van der Waals surface area (Å²) in [7, 11) is 0. The maximum absolute atomic E-state index is 9.69. The smallest absolute Gasteiger partial charge is 0.141 e. The van der Waals surface area contributed by atoms with E-state index in [4.69, 9.17) is 11.5 Å². The van der Waals surface area contributed by atoms with Gasteiger partial charge >= 0.3 is 0 Å². The number of para-hydroxylation sites is 2. The number of rotatable bonds is 3. The fourth-order valence-corrected chi connectivity index (χ4v) is 1.55. The average Bonchev–Trinajstić information content (AvgIpc) is 2.61. The molecule has 2 rings (SSSR count). The maximum atomic E-state index is 9.69. The summed E-state index contributed by atoms with van der Waals surface area (Å²) in [6, 6.07) is 8.68. The lowest BCUT2D eigenvalue weighted by Crippen LogP contribution is -2.05. The third kappa shape index (κ3) is 1.85. The van der Waals surface area contributed by atoms with E-state index < -0.39 is 0 Å². The van der Waals surface area contributed by atoms with E-state index in [-0.39, 0.29) is 5.75 Å². The molecule has 16 heavy (non-hydrogen) atoms. The van der Waals surface area contributed by atoms with E-state index in [0.717, 1.165) is 5.69 Å². The molecule has 0 atom stereocenters. The minimum absolute atomic E-state index is 0.150. The van der Waals surface area contributed by atoms with E-state index in [0.29, 0.717) is 24.5 Å². The van der Waals surface area contributed by atoms with Crippen LogP contribution in [0.4, 0.5) is 5.82 Å². The van der Waals surface area contributed by atoms with Crippen molar-refractivity contribution < 1.29 is 5.11 Å². The summed E-state index contributed by atoms with van der Waals surface area (Å²) in [5.74, 6) is 0.640. The van der Waals surface area contributed by atoms with Gasteiger partial charge in [-0.25, -0.2) is 4.68 Å². The Kier molecular flexibility index (Phi) is 2.78. The predicted molar refractivity (Wildman–Crippen MR) is 62.4 cm³/mol. The molecular formula is C11H14N4O. The summed E-state index contributed by atoms with van der Waals surface area (Å²) < 4.78 is 1.51. The molecule has 1 aromatic carbocycles. The number of anilines is 1. The van der Waals surface area contributed by atoms with Gasteiger partial charge in [0.15, 0.2) is 0 Å². The Bertz CT molecular complexity index is 492. The van der Waals surface area contributed by atoms with E-state index in [9.17, 15) is 5.11 Å². The molecule has 0 fully saturated rings. The van der Waals surface area contributed by atoms with E-state index in [1.807, 2.05) is 6.07 Å². The number of aromatic hydroxyl groups is 1. The molecule has 0 saturated carbocycles. The number of nitrogens with two attached hydrogens (primary N) is 2. The second-order valence-corrected chi connectivity index (χ2v) is 3.50. The molecule has 0 spiro atoms. The van der Waals surface area contributed by atoms with Gasteiger partial charge in [0.2, 0.25) is 0 Å². The van der Waals surface area contributed by atoms with Crippen LogP contribution < -0.4 is 11.5 Å². The van der Waals surface area contributed by atoms with E-state index >= 15 is 0 Å². The third-order valence-corrected chi connectivity index (χ3v) is 2.30. The number of aromatic nitrogens is 2. The number of nitrogen functional groups attached to an aromatic ring is 1. The van der Waals surface area contributed by atoms with Gasteiger partial charge < -0.3 is 16.6 Å². The molecule has 5 N–H and O–H groups in total. The summed E-state index contributed by atoms with van der Waals surface area (Å²) in [5, 5.41) is 14.0. The largest absolute Gasteiger partial charge is 0.506 e. The highest BCUT2D eigenvalue weighted by molar-refractivity contribution is 5.50. The van der Waals surface area contributed by atoms with Crippen molar-refractivity contribution in [2.75, 3.05) is 12.3 Å². The van der Waals surface area contributed by atoms with Crippen molar-refractivity contribution in [3.05, 3.63) is 36.0 Å². The zero-order valence-corrected chi connectivity index (χ0v) is 8.80. The van der Waals surface area contributed by atoms with Gasteiger partial charge in [-0.3, -0.25) is 0 Å². The Morgan fingerprint density at radius 1 is 1.31 bits per heavy atom. The number of hydrogen-bond donors (Lipinski definition) is 3. The average molecular weight is 218 g/mol. The number of benzene rings is 1. The van der Waals surface area contributed by atoms with Gasteiger partial charge in [0.1, 0.15) is 17.3 Å². The van der Waals surface area contributed by atoms with Gasteiger partial charge in [0, 0.05) is 12.5 Å². The van der Waals surface area contributed by atoms with Crippen molar-refractivity contribution in [1.29, 1.82) is 0 Å².